The van der Waals surface area contributed by atoms with Crippen LogP contribution >= 0.6 is 22.6 Å². The molecule has 1 aromatic heterocycles. The van der Waals surface area contributed by atoms with Crippen molar-refractivity contribution in [1.29, 1.82) is 0 Å². The van der Waals surface area contributed by atoms with E-state index in [4.69, 9.17) is 0 Å². The Morgan fingerprint density at radius 1 is 1.25 bits per heavy atom. The zero-order chi connectivity index (χ0) is 16.8. The number of aryl methyl sites for hydroxylation is 2. The number of fused-ring (bicyclic) bond motifs is 3. The fraction of sp³-hybridized carbons (Fsp3) is 0.389. The topological polar surface area (TPSA) is 50.5 Å². The lowest BCUT2D eigenvalue weighted by atomic mass is 9.88. The second-order valence-corrected chi connectivity index (χ2v) is 7.64. The number of amides is 1. The van der Waals surface area contributed by atoms with Crippen molar-refractivity contribution in [1.82, 2.24) is 14.5 Å². The van der Waals surface area contributed by atoms with E-state index in [0.717, 1.165) is 48.9 Å². The van der Waals surface area contributed by atoms with Crippen molar-refractivity contribution >= 4 is 34.3 Å². The molecule has 1 aliphatic carbocycles. The Hall–Kier alpha value is -1.70. The van der Waals surface area contributed by atoms with Gasteiger partial charge < -0.3 is 4.90 Å². The second kappa shape index (κ2) is 5.98. The number of piperidine rings is 1. The highest BCUT2D eigenvalue weighted by atomic mass is 127. The SMILES string of the molecule is Cc1cn(C2=NCC(=O)N3CCC4=C(I)CCC=C4C3=C2)c(C)n1. The van der Waals surface area contributed by atoms with Crippen molar-refractivity contribution in [2.45, 2.75) is 33.1 Å². The molecule has 3 heterocycles. The van der Waals surface area contributed by atoms with Crippen LogP contribution < -0.4 is 0 Å². The molecule has 1 saturated heterocycles. The Balaban J connectivity index is 1.84. The van der Waals surface area contributed by atoms with Gasteiger partial charge in [-0.05, 0) is 70.4 Å². The number of nitrogens with zero attached hydrogens (tertiary/aromatic N) is 4. The van der Waals surface area contributed by atoms with Crippen LogP contribution in [0.5, 0.6) is 0 Å². The molecule has 24 heavy (non-hydrogen) atoms. The van der Waals surface area contributed by atoms with Gasteiger partial charge in [-0.25, -0.2) is 4.98 Å². The van der Waals surface area contributed by atoms with Crippen molar-refractivity contribution in [3.05, 3.63) is 50.3 Å². The summed E-state index contributed by atoms with van der Waals surface area (Å²) in [6.07, 6.45) is 9.39. The van der Waals surface area contributed by atoms with Crippen LogP contribution in [-0.4, -0.2) is 39.3 Å². The third-order valence-corrected chi connectivity index (χ3v) is 5.90. The maximum Gasteiger partial charge on any atom is 0.248 e. The molecule has 2 aliphatic heterocycles. The summed E-state index contributed by atoms with van der Waals surface area (Å²) < 4.78 is 3.40. The largest absolute Gasteiger partial charge is 0.310 e. The predicted molar refractivity (Wildman–Crippen MR) is 102 cm³/mol. The summed E-state index contributed by atoms with van der Waals surface area (Å²) in [5.41, 5.74) is 4.57. The summed E-state index contributed by atoms with van der Waals surface area (Å²) in [6.45, 7) is 4.87. The van der Waals surface area contributed by atoms with Gasteiger partial charge in [-0.3, -0.25) is 14.4 Å². The molecule has 0 radical (unpaired) electrons. The van der Waals surface area contributed by atoms with Crippen molar-refractivity contribution < 1.29 is 4.79 Å². The van der Waals surface area contributed by atoms with Gasteiger partial charge in [-0.15, -0.1) is 0 Å². The minimum atomic E-state index is 0.0753. The van der Waals surface area contributed by atoms with Gasteiger partial charge in [0.15, 0.2) is 0 Å². The highest BCUT2D eigenvalue weighted by Gasteiger charge is 2.32. The summed E-state index contributed by atoms with van der Waals surface area (Å²) in [4.78, 5) is 23.5. The second-order valence-electron chi connectivity index (χ2n) is 6.34. The Bertz CT molecular complexity index is 856. The molecule has 0 bridgehead atoms. The predicted octanol–water partition coefficient (Wildman–Crippen LogP) is 3.29. The maximum atomic E-state index is 12.6. The summed E-state index contributed by atoms with van der Waals surface area (Å²) in [5, 5.41) is 0. The van der Waals surface area contributed by atoms with Crippen LogP contribution in [-0.2, 0) is 4.79 Å². The fourth-order valence-electron chi connectivity index (χ4n) is 3.59. The van der Waals surface area contributed by atoms with Crippen LogP contribution in [0.1, 0.15) is 30.8 Å². The molecule has 1 aromatic rings. The molecule has 5 nitrogen and oxygen atoms in total. The molecule has 0 aromatic carbocycles. The maximum absolute atomic E-state index is 12.6. The van der Waals surface area contributed by atoms with Gasteiger partial charge in [0.2, 0.25) is 5.91 Å². The van der Waals surface area contributed by atoms with Crippen LogP contribution in [0.25, 0.3) is 0 Å². The van der Waals surface area contributed by atoms with E-state index in [1.54, 1.807) is 0 Å². The summed E-state index contributed by atoms with van der Waals surface area (Å²) in [6, 6.07) is 0. The summed E-state index contributed by atoms with van der Waals surface area (Å²) in [5.74, 6) is 1.76. The van der Waals surface area contributed by atoms with Gasteiger partial charge >= 0.3 is 0 Å². The number of rotatable bonds is 0. The summed E-state index contributed by atoms with van der Waals surface area (Å²) in [7, 11) is 0. The zero-order valence-corrected chi connectivity index (χ0v) is 16.0. The molecule has 3 aliphatic rings. The molecule has 0 unspecified atom stereocenters. The van der Waals surface area contributed by atoms with Crippen LogP contribution in [0, 0.1) is 13.8 Å². The summed E-state index contributed by atoms with van der Waals surface area (Å²) >= 11 is 2.46. The number of carbonyl (C=O) groups excluding carboxylic acids is 1. The minimum Gasteiger partial charge on any atom is -0.310 e. The smallest absolute Gasteiger partial charge is 0.248 e. The molecular formula is C18H19IN4O. The number of aromatic nitrogens is 2. The van der Waals surface area contributed by atoms with E-state index in [1.807, 2.05) is 29.5 Å². The number of halogens is 1. The van der Waals surface area contributed by atoms with Crippen LogP contribution in [0.15, 0.2) is 43.8 Å². The number of allylic oxidation sites excluding steroid dienone is 4. The van der Waals surface area contributed by atoms with E-state index in [2.05, 4.69) is 44.7 Å². The third-order valence-electron chi connectivity index (χ3n) is 4.71. The molecular weight excluding hydrogens is 415 g/mol. The standard InChI is InChI=1S/C18H19IN4O/c1-11-10-23(12(2)21-11)17-8-16-14-4-3-5-15(19)13(14)6-7-22(16)18(24)9-20-17/h4,8,10H,3,5-7,9H2,1-2H3. The molecule has 124 valence electrons. The van der Waals surface area contributed by atoms with E-state index in [9.17, 15) is 4.79 Å². The van der Waals surface area contributed by atoms with Crippen molar-refractivity contribution in [3.8, 4) is 0 Å². The molecule has 0 atom stereocenters. The third kappa shape index (κ3) is 2.56. The molecule has 0 saturated carbocycles. The lowest BCUT2D eigenvalue weighted by Gasteiger charge is -2.34. The first-order valence-electron chi connectivity index (χ1n) is 8.22. The highest BCUT2D eigenvalue weighted by Crippen LogP contribution is 2.40. The van der Waals surface area contributed by atoms with E-state index in [0.29, 0.717) is 0 Å². The number of hydrogen-bond acceptors (Lipinski definition) is 3. The number of hydrogen-bond donors (Lipinski definition) is 0. The van der Waals surface area contributed by atoms with Crippen molar-refractivity contribution in [2.75, 3.05) is 13.1 Å². The van der Waals surface area contributed by atoms with Gasteiger partial charge in [0.05, 0.1) is 11.4 Å². The van der Waals surface area contributed by atoms with Crippen molar-refractivity contribution in [2.24, 2.45) is 4.99 Å². The Morgan fingerprint density at radius 2 is 2.08 bits per heavy atom. The van der Waals surface area contributed by atoms with Gasteiger partial charge in [0.25, 0.3) is 0 Å². The first kappa shape index (κ1) is 15.8. The molecule has 6 heteroatoms. The number of imidazole rings is 1. The first-order chi connectivity index (χ1) is 11.5. The van der Waals surface area contributed by atoms with Crippen LogP contribution in [0.2, 0.25) is 0 Å². The fourth-order valence-corrected chi connectivity index (χ4v) is 4.47. The van der Waals surface area contributed by atoms with E-state index in [1.165, 1.54) is 14.7 Å². The first-order valence-corrected chi connectivity index (χ1v) is 9.30. The van der Waals surface area contributed by atoms with Crippen LogP contribution in [0.3, 0.4) is 0 Å². The molecule has 1 fully saturated rings. The van der Waals surface area contributed by atoms with Crippen LogP contribution in [0.4, 0.5) is 0 Å². The number of aliphatic imine (C=N–C) groups is 1. The average Bonchev–Trinajstić information content (AvgIpc) is 2.79. The van der Waals surface area contributed by atoms with Gasteiger partial charge in [-0.2, -0.15) is 0 Å². The average molecular weight is 434 g/mol. The van der Waals surface area contributed by atoms with E-state index >= 15 is 0 Å². The van der Waals surface area contributed by atoms with Crippen molar-refractivity contribution in [3.63, 3.8) is 0 Å². The normalized spacial score (nSPS) is 20.9. The molecule has 4 rings (SSSR count). The minimum absolute atomic E-state index is 0.0753. The zero-order valence-electron chi connectivity index (χ0n) is 13.8. The Morgan fingerprint density at radius 3 is 2.83 bits per heavy atom. The monoisotopic (exact) mass is 434 g/mol. The van der Waals surface area contributed by atoms with Gasteiger partial charge in [0.1, 0.15) is 18.2 Å². The lowest BCUT2D eigenvalue weighted by molar-refractivity contribution is -0.127. The van der Waals surface area contributed by atoms with E-state index in [-0.39, 0.29) is 12.5 Å². The number of carbonyl (C=O) groups is 1. The molecule has 0 spiro atoms. The highest BCUT2D eigenvalue weighted by molar-refractivity contribution is 14.1. The Kier molecular flexibility index (Phi) is 3.94. The molecule has 0 N–H and O–H groups in total. The van der Waals surface area contributed by atoms with Gasteiger partial charge in [0, 0.05) is 18.8 Å². The molecule has 1 amide bonds. The van der Waals surface area contributed by atoms with Gasteiger partial charge in [-0.1, -0.05) is 6.08 Å². The quantitative estimate of drug-likeness (QED) is 0.589. The Labute approximate surface area is 155 Å². The lowest BCUT2D eigenvalue weighted by Crippen LogP contribution is -2.37. The van der Waals surface area contributed by atoms with E-state index < -0.39 is 0 Å².